The first-order chi connectivity index (χ1) is 8.65. The van der Waals surface area contributed by atoms with Crippen molar-refractivity contribution in [2.24, 2.45) is 0 Å². The zero-order valence-electron chi connectivity index (χ0n) is 10.1. The number of ketones is 1. The molecule has 0 heterocycles. The molecule has 96 valence electrons. The average molecular weight is 249 g/mol. The lowest BCUT2D eigenvalue weighted by molar-refractivity contribution is -0.124. The first kappa shape index (κ1) is 13.9. The Bertz CT molecular complexity index is 437. The van der Waals surface area contributed by atoms with Gasteiger partial charge in [-0.15, -0.1) is 0 Å². The molecule has 0 saturated heterocycles. The van der Waals surface area contributed by atoms with Crippen LogP contribution in [0.5, 0.6) is 5.75 Å². The van der Waals surface area contributed by atoms with Crippen molar-refractivity contribution in [3.63, 3.8) is 0 Å². The summed E-state index contributed by atoms with van der Waals surface area (Å²) in [6.45, 7) is -0.731. The van der Waals surface area contributed by atoms with Gasteiger partial charge in [-0.25, -0.2) is 0 Å². The number of ether oxygens (including phenoxy) is 1. The zero-order valence-corrected chi connectivity index (χ0v) is 10.1. The molecule has 0 aliphatic heterocycles. The highest BCUT2D eigenvalue weighted by atomic mass is 16.5. The number of Topliss-reactive ketones (excluding diaryl/α,β-unsaturated/α-hetero) is 1. The topological polar surface area (TPSA) is 75.6 Å². The smallest absolute Gasteiger partial charge is 0.244 e. The quantitative estimate of drug-likeness (QED) is 0.715. The van der Waals surface area contributed by atoms with Crippen LogP contribution >= 0.6 is 0 Å². The van der Waals surface area contributed by atoms with Gasteiger partial charge in [-0.3, -0.25) is 9.59 Å². The van der Waals surface area contributed by atoms with Crippen LogP contribution < -0.4 is 10.1 Å². The van der Waals surface area contributed by atoms with Crippen molar-refractivity contribution in [2.75, 3.05) is 20.3 Å². The minimum absolute atomic E-state index is 0.164. The first-order valence-corrected chi connectivity index (χ1v) is 5.38. The molecule has 0 unspecified atom stereocenters. The van der Waals surface area contributed by atoms with E-state index in [1.54, 1.807) is 25.3 Å². The van der Waals surface area contributed by atoms with Crippen molar-refractivity contribution < 1.29 is 19.4 Å². The maximum atomic E-state index is 11.3. The van der Waals surface area contributed by atoms with Gasteiger partial charge in [-0.05, 0) is 23.8 Å². The SMILES string of the molecule is COc1ccc(C=CC(=O)NCC(=O)CO)cc1. The molecule has 18 heavy (non-hydrogen) atoms. The van der Waals surface area contributed by atoms with Crippen molar-refractivity contribution in [1.82, 2.24) is 5.32 Å². The number of hydrogen-bond donors (Lipinski definition) is 2. The van der Waals surface area contributed by atoms with Crippen LogP contribution in [0.25, 0.3) is 6.08 Å². The van der Waals surface area contributed by atoms with E-state index in [2.05, 4.69) is 5.32 Å². The van der Waals surface area contributed by atoms with E-state index in [0.29, 0.717) is 0 Å². The maximum absolute atomic E-state index is 11.3. The van der Waals surface area contributed by atoms with Crippen molar-refractivity contribution in [2.45, 2.75) is 0 Å². The van der Waals surface area contributed by atoms with E-state index in [9.17, 15) is 9.59 Å². The minimum atomic E-state index is -0.567. The van der Waals surface area contributed by atoms with Gasteiger partial charge in [0, 0.05) is 6.08 Å². The van der Waals surface area contributed by atoms with Crippen LogP contribution in [0.1, 0.15) is 5.56 Å². The highest BCUT2D eigenvalue weighted by Gasteiger charge is 2.00. The standard InChI is InChI=1S/C13H15NO4/c1-18-12-5-2-10(3-6-12)4-7-13(17)14-8-11(16)9-15/h2-7,15H,8-9H2,1H3,(H,14,17). The summed E-state index contributed by atoms with van der Waals surface area (Å²) < 4.78 is 5.01. The number of carbonyl (C=O) groups is 2. The largest absolute Gasteiger partial charge is 0.497 e. The van der Waals surface area contributed by atoms with Crippen molar-refractivity contribution in [3.05, 3.63) is 35.9 Å². The van der Waals surface area contributed by atoms with E-state index in [-0.39, 0.29) is 12.5 Å². The summed E-state index contributed by atoms with van der Waals surface area (Å²) in [7, 11) is 1.58. The molecule has 5 heteroatoms. The molecule has 1 aromatic carbocycles. The van der Waals surface area contributed by atoms with Crippen LogP contribution in [0.4, 0.5) is 0 Å². The third-order valence-electron chi connectivity index (χ3n) is 2.18. The number of rotatable bonds is 6. The summed E-state index contributed by atoms with van der Waals surface area (Å²) in [5.74, 6) is -0.0704. The Morgan fingerprint density at radius 1 is 1.33 bits per heavy atom. The van der Waals surface area contributed by atoms with Crippen molar-refractivity contribution >= 4 is 17.8 Å². The minimum Gasteiger partial charge on any atom is -0.497 e. The summed E-state index contributed by atoms with van der Waals surface area (Å²) in [5.41, 5.74) is 0.847. The number of aliphatic hydroxyl groups is 1. The molecule has 0 atom stereocenters. The fraction of sp³-hybridized carbons (Fsp3) is 0.231. The molecule has 0 radical (unpaired) electrons. The fourth-order valence-corrected chi connectivity index (χ4v) is 1.19. The van der Waals surface area contributed by atoms with Gasteiger partial charge in [0.15, 0.2) is 5.78 Å². The van der Waals surface area contributed by atoms with E-state index < -0.39 is 12.4 Å². The molecule has 0 aliphatic carbocycles. The molecule has 5 nitrogen and oxygen atoms in total. The highest BCUT2D eigenvalue weighted by molar-refractivity contribution is 5.94. The fourth-order valence-electron chi connectivity index (χ4n) is 1.19. The molecule has 0 bridgehead atoms. The lowest BCUT2D eigenvalue weighted by Gasteiger charge is -2.00. The first-order valence-electron chi connectivity index (χ1n) is 5.38. The lowest BCUT2D eigenvalue weighted by atomic mass is 10.2. The van der Waals surface area contributed by atoms with Crippen molar-refractivity contribution in [1.29, 1.82) is 0 Å². The summed E-state index contributed by atoms with van der Waals surface area (Å²) in [6.07, 6.45) is 2.95. The summed E-state index contributed by atoms with van der Waals surface area (Å²) in [6, 6.07) is 7.18. The second-order valence-corrected chi connectivity index (χ2v) is 3.52. The summed E-state index contributed by atoms with van der Waals surface area (Å²) in [5, 5.41) is 10.8. The normalized spacial score (nSPS) is 10.3. The molecular formula is C13H15NO4. The lowest BCUT2D eigenvalue weighted by Crippen LogP contribution is -2.29. The van der Waals surface area contributed by atoms with Crippen LogP contribution in [-0.2, 0) is 9.59 Å². The Balaban J connectivity index is 2.47. The van der Waals surface area contributed by atoms with Crippen LogP contribution in [0.3, 0.4) is 0 Å². The van der Waals surface area contributed by atoms with Gasteiger partial charge < -0.3 is 15.2 Å². The number of amides is 1. The van der Waals surface area contributed by atoms with Gasteiger partial charge in [0.25, 0.3) is 0 Å². The Labute approximate surface area is 105 Å². The maximum Gasteiger partial charge on any atom is 0.244 e. The second kappa shape index (κ2) is 7.24. The van der Waals surface area contributed by atoms with Crippen molar-refractivity contribution in [3.8, 4) is 5.75 Å². The van der Waals surface area contributed by atoms with Crippen LogP contribution in [-0.4, -0.2) is 37.1 Å². The van der Waals surface area contributed by atoms with E-state index >= 15 is 0 Å². The van der Waals surface area contributed by atoms with Gasteiger partial charge in [-0.2, -0.15) is 0 Å². The second-order valence-electron chi connectivity index (χ2n) is 3.52. The Morgan fingerprint density at radius 2 is 2.00 bits per heavy atom. The number of benzene rings is 1. The van der Waals surface area contributed by atoms with E-state index in [0.717, 1.165) is 11.3 Å². The molecule has 2 N–H and O–H groups in total. The molecule has 0 aromatic heterocycles. The summed E-state index contributed by atoms with van der Waals surface area (Å²) >= 11 is 0. The molecule has 0 fully saturated rings. The predicted octanol–water partition coefficient (Wildman–Crippen LogP) is 0.386. The van der Waals surface area contributed by atoms with Gasteiger partial charge >= 0.3 is 0 Å². The van der Waals surface area contributed by atoms with Gasteiger partial charge in [0.05, 0.1) is 13.7 Å². The molecule has 1 rings (SSSR count). The Hall–Kier alpha value is -2.14. The van der Waals surface area contributed by atoms with Crippen LogP contribution in [0, 0.1) is 0 Å². The Morgan fingerprint density at radius 3 is 2.56 bits per heavy atom. The van der Waals surface area contributed by atoms with Gasteiger partial charge in [-0.1, -0.05) is 12.1 Å². The summed E-state index contributed by atoms with van der Waals surface area (Å²) in [4.78, 5) is 22.1. The Kier molecular flexibility index (Phi) is 5.60. The van der Waals surface area contributed by atoms with E-state index in [1.165, 1.54) is 6.08 Å². The molecule has 0 saturated carbocycles. The third kappa shape index (κ3) is 4.80. The molecular weight excluding hydrogens is 234 g/mol. The number of methoxy groups -OCH3 is 1. The van der Waals surface area contributed by atoms with E-state index in [4.69, 9.17) is 9.84 Å². The van der Waals surface area contributed by atoms with E-state index in [1.807, 2.05) is 12.1 Å². The van der Waals surface area contributed by atoms with Crippen LogP contribution in [0.15, 0.2) is 30.3 Å². The molecule has 1 amide bonds. The molecule has 0 spiro atoms. The predicted molar refractivity (Wildman–Crippen MR) is 67.1 cm³/mol. The number of nitrogens with one attached hydrogen (secondary N) is 1. The number of carbonyl (C=O) groups excluding carboxylic acids is 2. The monoisotopic (exact) mass is 249 g/mol. The molecule has 1 aromatic rings. The third-order valence-corrected chi connectivity index (χ3v) is 2.18. The number of hydrogen-bond acceptors (Lipinski definition) is 4. The zero-order chi connectivity index (χ0) is 13.4. The average Bonchev–Trinajstić information content (AvgIpc) is 2.42. The highest BCUT2D eigenvalue weighted by Crippen LogP contribution is 2.11. The van der Waals surface area contributed by atoms with Crippen LogP contribution in [0.2, 0.25) is 0 Å². The van der Waals surface area contributed by atoms with Gasteiger partial charge in [0.2, 0.25) is 5.91 Å². The van der Waals surface area contributed by atoms with Gasteiger partial charge in [0.1, 0.15) is 12.4 Å². The molecule has 0 aliphatic rings. The number of aliphatic hydroxyl groups excluding tert-OH is 1.